The van der Waals surface area contributed by atoms with E-state index in [9.17, 15) is 14.7 Å². The van der Waals surface area contributed by atoms with Crippen molar-refractivity contribution in [3.63, 3.8) is 0 Å². The number of amides is 1. The molecule has 1 aliphatic rings. The van der Waals surface area contributed by atoms with Crippen molar-refractivity contribution in [2.24, 2.45) is 5.92 Å². The summed E-state index contributed by atoms with van der Waals surface area (Å²) >= 11 is 0. The van der Waals surface area contributed by atoms with Crippen molar-refractivity contribution in [2.45, 2.75) is 33.7 Å². The molecular weight excluding hydrogens is 454 g/mol. The van der Waals surface area contributed by atoms with E-state index in [4.69, 9.17) is 9.47 Å². The summed E-state index contributed by atoms with van der Waals surface area (Å²) in [5, 5.41) is 11.3. The maximum atomic E-state index is 13.4. The molecule has 1 fully saturated rings. The van der Waals surface area contributed by atoms with E-state index in [2.05, 4.69) is 13.8 Å². The molecule has 186 valence electrons. The lowest BCUT2D eigenvalue weighted by Crippen LogP contribution is -2.29. The molecule has 1 atom stereocenters. The molecule has 0 bridgehead atoms. The molecule has 1 N–H and O–H groups in total. The zero-order valence-electron chi connectivity index (χ0n) is 21.0. The van der Waals surface area contributed by atoms with E-state index in [0.717, 1.165) is 11.1 Å². The van der Waals surface area contributed by atoms with Crippen molar-refractivity contribution in [3.05, 3.63) is 95.1 Å². The van der Waals surface area contributed by atoms with Crippen LogP contribution >= 0.6 is 0 Å². The number of carbonyl (C=O) groups excluding carboxylic acids is 2. The number of carbonyl (C=O) groups is 2. The standard InChI is InChI=1S/C30H31NO5/c1-5-35-25-11-7-10-23(17-25)31-27(22-9-6-8-20(4)16-22)26(29(33)30(31)34)28(32)21-12-14-24(15-13-21)36-18-19(2)3/h6-17,19,27,32H,5,18H2,1-4H3/b28-26+. The van der Waals surface area contributed by atoms with E-state index in [-0.39, 0.29) is 11.3 Å². The van der Waals surface area contributed by atoms with E-state index >= 15 is 0 Å². The van der Waals surface area contributed by atoms with Crippen molar-refractivity contribution >= 4 is 23.1 Å². The number of aliphatic hydroxyl groups is 1. The molecule has 36 heavy (non-hydrogen) atoms. The van der Waals surface area contributed by atoms with Gasteiger partial charge in [-0.3, -0.25) is 14.5 Å². The fourth-order valence-corrected chi connectivity index (χ4v) is 4.27. The minimum atomic E-state index is -0.793. The summed E-state index contributed by atoms with van der Waals surface area (Å²) < 4.78 is 11.4. The largest absolute Gasteiger partial charge is 0.507 e. The van der Waals surface area contributed by atoms with Gasteiger partial charge in [0.1, 0.15) is 17.3 Å². The van der Waals surface area contributed by atoms with E-state index in [0.29, 0.717) is 41.9 Å². The number of rotatable bonds is 8. The minimum Gasteiger partial charge on any atom is -0.507 e. The summed E-state index contributed by atoms with van der Waals surface area (Å²) in [5.41, 5.74) is 2.71. The van der Waals surface area contributed by atoms with Gasteiger partial charge in [0.15, 0.2) is 0 Å². The van der Waals surface area contributed by atoms with Gasteiger partial charge in [-0.05, 0) is 61.7 Å². The molecule has 3 aromatic carbocycles. The fraction of sp³-hybridized carbons (Fsp3) is 0.267. The van der Waals surface area contributed by atoms with Crippen molar-refractivity contribution in [1.82, 2.24) is 0 Å². The van der Waals surface area contributed by atoms with Gasteiger partial charge >= 0.3 is 0 Å². The molecule has 6 heteroatoms. The van der Waals surface area contributed by atoms with E-state index in [1.54, 1.807) is 48.5 Å². The molecule has 0 aliphatic carbocycles. The Hall–Kier alpha value is -4.06. The Kier molecular flexibility index (Phi) is 7.44. The normalized spacial score (nSPS) is 17.0. The number of anilines is 1. The average molecular weight is 486 g/mol. The Balaban J connectivity index is 1.82. The Labute approximate surface area is 211 Å². The van der Waals surface area contributed by atoms with Crippen LogP contribution in [0.4, 0.5) is 5.69 Å². The smallest absolute Gasteiger partial charge is 0.300 e. The molecule has 1 amide bonds. The molecule has 1 heterocycles. The van der Waals surface area contributed by atoms with Crippen LogP contribution in [0.15, 0.2) is 78.4 Å². The zero-order chi connectivity index (χ0) is 25.8. The Morgan fingerprint density at radius 3 is 2.33 bits per heavy atom. The topological polar surface area (TPSA) is 76.1 Å². The number of benzene rings is 3. The highest BCUT2D eigenvalue weighted by atomic mass is 16.5. The number of hydrogen-bond donors (Lipinski definition) is 1. The third kappa shape index (κ3) is 5.13. The second kappa shape index (κ2) is 10.7. The summed E-state index contributed by atoms with van der Waals surface area (Å²) in [6.07, 6.45) is 0. The third-order valence-corrected chi connectivity index (χ3v) is 5.92. The monoisotopic (exact) mass is 485 g/mol. The highest BCUT2D eigenvalue weighted by Crippen LogP contribution is 2.43. The van der Waals surface area contributed by atoms with Crippen molar-refractivity contribution in [3.8, 4) is 11.5 Å². The highest BCUT2D eigenvalue weighted by Gasteiger charge is 2.47. The second-order valence-electron chi connectivity index (χ2n) is 9.24. The lowest BCUT2D eigenvalue weighted by Gasteiger charge is -2.26. The molecule has 0 spiro atoms. The summed E-state index contributed by atoms with van der Waals surface area (Å²) in [5.74, 6) is -0.0153. The van der Waals surface area contributed by atoms with Crippen molar-refractivity contribution in [1.29, 1.82) is 0 Å². The SMILES string of the molecule is CCOc1cccc(N2C(=O)C(=O)/C(=C(/O)c3ccc(OCC(C)C)cc3)C2c2cccc(C)c2)c1. The van der Waals surface area contributed by atoms with Gasteiger partial charge in [-0.2, -0.15) is 0 Å². The minimum absolute atomic E-state index is 0.0447. The number of hydrogen-bond acceptors (Lipinski definition) is 5. The van der Waals surface area contributed by atoms with Gasteiger partial charge in [0.2, 0.25) is 0 Å². The van der Waals surface area contributed by atoms with E-state index in [1.807, 2.05) is 38.1 Å². The number of aryl methyl sites for hydroxylation is 1. The number of nitrogens with zero attached hydrogens (tertiary/aromatic N) is 1. The van der Waals surface area contributed by atoms with E-state index in [1.165, 1.54) is 4.90 Å². The summed E-state index contributed by atoms with van der Waals surface area (Å²) in [4.78, 5) is 28.2. The second-order valence-corrected chi connectivity index (χ2v) is 9.24. The van der Waals surface area contributed by atoms with Gasteiger partial charge in [0.25, 0.3) is 11.7 Å². The Morgan fingerprint density at radius 1 is 0.944 bits per heavy atom. The van der Waals surface area contributed by atoms with Gasteiger partial charge in [-0.25, -0.2) is 0 Å². The van der Waals surface area contributed by atoms with Crippen LogP contribution in [-0.4, -0.2) is 30.0 Å². The lowest BCUT2D eigenvalue weighted by molar-refractivity contribution is -0.132. The van der Waals surface area contributed by atoms with Crippen molar-refractivity contribution < 1.29 is 24.2 Å². The Morgan fingerprint density at radius 2 is 1.67 bits per heavy atom. The summed E-state index contributed by atoms with van der Waals surface area (Å²) in [6.45, 7) is 9.00. The van der Waals surface area contributed by atoms with Crippen LogP contribution < -0.4 is 14.4 Å². The molecule has 6 nitrogen and oxygen atoms in total. The number of aliphatic hydroxyl groups excluding tert-OH is 1. The molecule has 1 saturated heterocycles. The van der Waals surface area contributed by atoms with Gasteiger partial charge in [0.05, 0.1) is 24.8 Å². The highest BCUT2D eigenvalue weighted by molar-refractivity contribution is 6.51. The predicted octanol–water partition coefficient (Wildman–Crippen LogP) is 6.05. The first-order valence-electron chi connectivity index (χ1n) is 12.1. The average Bonchev–Trinajstić information content (AvgIpc) is 3.13. The number of ketones is 1. The molecule has 3 aromatic rings. The molecule has 0 saturated carbocycles. The molecule has 1 aliphatic heterocycles. The van der Waals surface area contributed by atoms with Crippen LogP contribution in [-0.2, 0) is 9.59 Å². The first-order valence-corrected chi connectivity index (χ1v) is 12.1. The first kappa shape index (κ1) is 25.0. The predicted molar refractivity (Wildman–Crippen MR) is 140 cm³/mol. The Bertz CT molecular complexity index is 1290. The molecular formula is C30H31NO5. The molecule has 1 unspecified atom stereocenters. The number of ether oxygens (including phenoxy) is 2. The third-order valence-electron chi connectivity index (χ3n) is 5.92. The van der Waals surface area contributed by atoms with Crippen LogP contribution in [0.3, 0.4) is 0 Å². The quantitative estimate of drug-likeness (QED) is 0.239. The fourth-order valence-electron chi connectivity index (χ4n) is 4.27. The maximum absolute atomic E-state index is 13.4. The van der Waals surface area contributed by atoms with Gasteiger partial charge in [-0.1, -0.05) is 49.7 Å². The van der Waals surface area contributed by atoms with Crippen LogP contribution in [0.2, 0.25) is 0 Å². The van der Waals surface area contributed by atoms with Crippen LogP contribution in [0, 0.1) is 12.8 Å². The maximum Gasteiger partial charge on any atom is 0.300 e. The summed E-state index contributed by atoms with van der Waals surface area (Å²) in [7, 11) is 0. The lowest BCUT2D eigenvalue weighted by atomic mass is 9.94. The van der Waals surface area contributed by atoms with Crippen LogP contribution in [0.1, 0.15) is 43.5 Å². The van der Waals surface area contributed by atoms with Gasteiger partial charge < -0.3 is 14.6 Å². The summed E-state index contributed by atoms with van der Waals surface area (Å²) in [6, 6.07) is 20.8. The first-order chi connectivity index (χ1) is 17.3. The van der Waals surface area contributed by atoms with Gasteiger partial charge in [-0.15, -0.1) is 0 Å². The van der Waals surface area contributed by atoms with Gasteiger partial charge in [0, 0.05) is 17.3 Å². The van der Waals surface area contributed by atoms with Crippen LogP contribution in [0.5, 0.6) is 11.5 Å². The van der Waals surface area contributed by atoms with Crippen molar-refractivity contribution in [2.75, 3.05) is 18.1 Å². The molecule has 4 rings (SSSR count). The van der Waals surface area contributed by atoms with E-state index < -0.39 is 17.7 Å². The molecule has 0 aromatic heterocycles. The molecule has 0 radical (unpaired) electrons. The zero-order valence-corrected chi connectivity index (χ0v) is 21.0. The number of Topliss-reactive ketones (excluding diaryl/α,β-unsaturated/α-hetero) is 1. The van der Waals surface area contributed by atoms with Crippen LogP contribution in [0.25, 0.3) is 5.76 Å².